The van der Waals surface area contributed by atoms with Crippen molar-refractivity contribution in [2.24, 2.45) is 10.7 Å². The highest BCUT2D eigenvalue weighted by Gasteiger charge is 2.22. The van der Waals surface area contributed by atoms with Gasteiger partial charge >= 0.3 is 12.2 Å². The second-order valence-corrected chi connectivity index (χ2v) is 13.0. The van der Waals surface area contributed by atoms with Gasteiger partial charge in [0.2, 0.25) is 5.91 Å². The summed E-state index contributed by atoms with van der Waals surface area (Å²) in [7, 11) is 0. The number of amides is 3. The molecule has 11 heteroatoms. The van der Waals surface area contributed by atoms with Gasteiger partial charge < -0.3 is 30.7 Å². The van der Waals surface area contributed by atoms with Crippen LogP contribution in [0.5, 0.6) is 0 Å². The van der Waals surface area contributed by atoms with Gasteiger partial charge in [-0.05, 0) is 70.6 Å². The predicted octanol–water partition coefficient (Wildman–Crippen LogP) is 6.32. The molecule has 1 aliphatic heterocycles. The molecule has 3 rings (SSSR count). The lowest BCUT2D eigenvalue weighted by molar-refractivity contribution is -0.127. The summed E-state index contributed by atoms with van der Waals surface area (Å²) < 4.78 is 10.5. The van der Waals surface area contributed by atoms with Crippen LogP contribution in [0, 0.1) is 0 Å². The normalized spacial score (nSPS) is 12.7. The zero-order valence-electron chi connectivity index (χ0n) is 26.4. The van der Waals surface area contributed by atoms with E-state index in [0.29, 0.717) is 50.4 Å². The number of ether oxygens (including phenoxy) is 2. The number of fused-ring (bicyclic) bond motifs is 1. The first kappa shape index (κ1) is 34.6. The number of aliphatic imine (C=N–C) groups is 1. The molecule has 240 valence electrons. The highest BCUT2D eigenvalue weighted by atomic mass is 32.1. The maximum atomic E-state index is 13.6. The first-order valence-electron chi connectivity index (χ1n) is 15.4. The van der Waals surface area contributed by atoms with Crippen molar-refractivity contribution in [3.05, 3.63) is 57.3 Å². The van der Waals surface area contributed by atoms with E-state index in [9.17, 15) is 14.4 Å². The SMILES string of the molecule is CCCN(CCCNC(=O)OCc1ccccc1)C(=O)C1=Cc2sc(CCCCCNC(=O)OC(C)(C)C)cc2N=C(N)C1. The molecule has 1 aliphatic rings. The van der Waals surface area contributed by atoms with E-state index in [2.05, 4.69) is 21.7 Å². The smallest absolute Gasteiger partial charge is 0.407 e. The number of unbranched alkanes of at least 4 members (excludes halogenated alkanes) is 2. The van der Waals surface area contributed by atoms with E-state index < -0.39 is 11.7 Å². The summed E-state index contributed by atoms with van der Waals surface area (Å²) in [4.78, 5) is 46.0. The topological polar surface area (TPSA) is 135 Å². The molecule has 2 heterocycles. The van der Waals surface area contributed by atoms with E-state index in [1.807, 2.05) is 69.0 Å². The van der Waals surface area contributed by atoms with E-state index in [0.717, 1.165) is 48.2 Å². The van der Waals surface area contributed by atoms with E-state index in [-0.39, 0.29) is 18.6 Å². The van der Waals surface area contributed by atoms with Crippen LogP contribution in [0.1, 0.15) is 81.5 Å². The Morgan fingerprint density at radius 1 is 1.00 bits per heavy atom. The number of benzene rings is 1. The number of nitrogens with one attached hydrogen (secondary N) is 2. The van der Waals surface area contributed by atoms with Crippen molar-refractivity contribution in [2.75, 3.05) is 26.2 Å². The average Bonchev–Trinajstić information content (AvgIpc) is 3.26. The Morgan fingerprint density at radius 3 is 2.45 bits per heavy atom. The summed E-state index contributed by atoms with van der Waals surface area (Å²) in [6.45, 7) is 9.87. The second kappa shape index (κ2) is 17.4. The van der Waals surface area contributed by atoms with Gasteiger partial charge in [0, 0.05) is 43.1 Å². The molecule has 3 amide bonds. The Hall–Kier alpha value is -3.86. The van der Waals surface area contributed by atoms with Crippen LogP contribution in [-0.4, -0.2) is 60.6 Å². The van der Waals surface area contributed by atoms with Crippen LogP contribution in [0.2, 0.25) is 0 Å². The third kappa shape index (κ3) is 12.4. The van der Waals surface area contributed by atoms with Gasteiger partial charge in [0.25, 0.3) is 0 Å². The standard InChI is InChI=1S/C33H47N5O5S/c1-5-18-38(19-12-17-35-31(40)42-23-24-13-8-6-9-14-24)30(39)25-20-28-27(37-29(34)21-25)22-26(44-28)15-10-7-11-16-36-32(41)43-33(2,3)4/h6,8-9,13-14,20,22H,5,7,10-12,15-19,21,23H2,1-4H3,(H2,34,37)(H,35,40)(H,36,41). The predicted molar refractivity (Wildman–Crippen MR) is 176 cm³/mol. The number of rotatable bonds is 15. The number of thiophene rings is 1. The first-order valence-corrected chi connectivity index (χ1v) is 16.2. The second-order valence-electron chi connectivity index (χ2n) is 11.8. The van der Waals surface area contributed by atoms with Crippen molar-refractivity contribution in [1.82, 2.24) is 15.5 Å². The van der Waals surface area contributed by atoms with Crippen molar-refractivity contribution in [3.63, 3.8) is 0 Å². The molecule has 2 aromatic rings. The molecule has 0 unspecified atom stereocenters. The summed E-state index contributed by atoms with van der Waals surface area (Å²) in [5.74, 6) is 0.358. The average molecular weight is 626 g/mol. The number of aryl methyl sites for hydroxylation is 1. The molecule has 44 heavy (non-hydrogen) atoms. The number of carbonyl (C=O) groups is 3. The third-order valence-electron chi connectivity index (χ3n) is 6.64. The molecule has 10 nitrogen and oxygen atoms in total. The summed E-state index contributed by atoms with van der Waals surface area (Å²) in [6, 6.07) is 11.6. The summed E-state index contributed by atoms with van der Waals surface area (Å²) in [5.41, 5.74) is 8.09. The van der Waals surface area contributed by atoms with Crippen LogP contribution in [0.15, 0.2) is 47.0 Å². The highest BCUT2D eigenvalue weighted by molar-refractivity contribution is 7.13. The molecule has 0 fully saturated rings. The fourth-order valence-electron chi connectivity index (χ4n) is 4.62. The monoisotopic (exact) mass is 625 g/mol. The van der Waals surface area contributed by atoms with Gasteiger partial charge in [-0.1, -0.05) is 43.7 Å². The molecular formula is C33H47N5O5S. The van der Waals surface area contributed by atoms with Crippen LogP contribution in [0.25, 0.3) is 6.08 Å². The Morgan fingerprint density at radius 2 is 1.73 bits per heavy atom. The van der Waals surface area contributed by atoms with E-state index in [4.69, 9.17) is 15.2 Å². The Labute approximate surface area is 265 Å². The van der Waals surface area contributed by atoms with Gasteiger partial charge in [0.1, 0.15) is 18.0 Å². The van der Waals surface area contributed by atoms with Crippen molar-refractivity contribution >= 4 is 47.0 Å². The number of carbonyl (C=O) groups excluding carboxylic acids is 3. The molecule has 0 spiro atoms. The van der Waals surface area contributed by atoms with Crippen molar-refractivity contribution in [3.8, 4) is 0 Å². The molecular weight excluding hydrogens is 578 g/mol. The number of alkyl carbamates (subject to hydrolysis) is 2. The Kier molecular flexibility index (Phi) is 13.7. The molecule has 0 aliphatic carbocycles. The molecule has 1 aromatic heterocycles. The van der Waals surface area contributed by atoms with Crippen LogP contribution < -0.4 is 16.4 Å². The Balaban J connectivity index is 1.47. The summed E-state index contributed by atoms with van der Waals surface area (Å²) in [5, 5.41) is 5.56. The number of nitrogens with zero attached hydrogens (tertiary/aromatic N) is 2. The Bertz CT molecular complexity index is 1300. The van der Waals surface area contributed by atoms with Crippen molar-refractivity contribution in [2.45, 2.75) is 84.8 Å². The van der Waals surface area contributed by atoms with Crippen molar-refractivity contribution < 1.29 is 23.9 Å². The first-order chi connectivity index (χ1) is 21.0. The lowest BCUT2D eigenvalue weighted by Gasteiger charge is -2.23. The van der Waals surface area contributed by atoms with Gasteiger partial charge in [-0.3, -0.25) is 4.79 Å². The summed E-state index contributed by atoms with van der Waals surface area (Å²) in [6.07, 6.45) is 6.48. The number of amidine groups is 1. The largest absolute Gasteiger partial charge is 0.445 e. The maximum absolute atomic E-state index is 13.6. The van der Waals surface area contributed by atoms with Gasteiger partial charge in [-0.25, -0.2) is 14.6 Å². The fraction of sp³-hybridized carbons (Fsp3) is 0.515. The van der Waals surface area contributed by atoms with Gasteiger partial charge in [0.05, 0.1) is 10.6 Å². The minimum Gasteiger partial charge on any atom is -0.445 e. The minimum absolute atomic E-state index is 0.0584. The molecule has 0 bridgehead atoms. The highest BCUT2D eigenvalue weighted by Crippen LogP contribution is 2.35. The zero-order chi connectivity index (χ0) is 32.0. The number of hydrogen-bond donors (Lipinski definition) is 3. The minimum atomic E-state index is -0.502. The van der Waals surface area contributed by atoms with Crippen LogP contribution in [0.3, 0.4) is 0 Å². The van der Waals surface area contributed by atoms with Crippen LogP contribution >= 0.6 is 11.3 Å². The van der Waals surface area contributed by atoms with Gasteiger partial charge in [0.15, 0.2) is 0 Å². The van der Waals surface area contributed by atoms with E-state index in [1.54, 1.807) is 11.3 Å². The summed E-state index contributed by atoms with van der Waals surface area (Å²) >= 11 is 1.64. The van der Waals surface area contributed by atoms with Crippen LogP contribution in [0.4, 0.5) is 15.3 Å². The molecule has 0 saturated heterocycles. The van der Waals surface area contributed by atoms with Crippen LogP contribution in [-0.2, 0) is 27.3 Å². The molecule has 1 aromatic carbocycles. The molecule has 0 radical (unpaired) electrons. The number of hydrogen-bond acceptors (Lipinski definition) is 8. The zero-order valence-corrected chi connectivity index (χ0v) is 27.3. The van der Waals surface area contributed by atoms with Crippen molar-refractivity contribution in [1.29, 1.82) is 0 Å². The van der Waals surface area contributed by atoms with E-state index in [1.165, 1.54) is 4.88 Å². The number of nitrogens with two attached hydrogens (primary N) is 1. The van der Waals surface area contributed by atoms with Gasteiger partial charge in [-0.2, -0.15) is 0 Å². The lowest BCUT2D eigenvalue weighted by atomic mass is 10.1. The third-order valence-corrected chi connectivity index (χ3v) is 7.77. The fourth-order valence-corrected chi connectivity index (χ4v) is 5.73. The molecule has 0 atom stereocenters. The maximum Gasteiger partial charge on any atom is 0.407 e. The quantitative estimate of drug-likeness (QED) is 0.198. The van der Waals surface area contributed by atoms with Gasteiger partial charge in [-0.15, -0.1) is 11.3 Å². The molecule has 4 N–H and O–H groups in total. The molecule has 0 saturated carbocycles. The lowest BCUT2D eigenvalue weighted by Crippen LogP contribution is -2.36. The van der Waals surface area contributed by atoms with E-state index >= 15 is 0 Å².